The van der Waals surface area contributed by atoms with Crippen LogP contribution in [0.15, 0.2) is 183 Å². The maximum atomic E-state index is 14.2. The van der Waals surface area contributed by atoms with E-state index in [0.29, 0.717) is 11.0 Å². The largest absolute Gasteiger partial charge is 2.00 e. The van der Waals surface area contributed by atoms with Crippen molar-refractivity contribution in [1.82, 2.24) is 39.4 Å². The molecule has 4 aromatic heterocycles. The summed E-state index contributed by atoms with van der Waals surface area (Å²) in [5.74, 6) is 0.925. The normalized spacial score (nSPS) is 21.0. The number of halogens is 1. The van der Waals surface area contributed by atoms with Crippen LogP contribution >= 0.6 is 15.5 Å². The summed E-state index contributed by atoms with van der Waals surface area (Å²) in [6.07, 6.45) is -6.12. The fraction of sp³-hybridized carbons (Fsp3) is 0.309. The van der Waals surface area contributed by atoms with Crippen molar-refractivity contribution >= 4 is 78.8 Å². The van der Waals surface area contributed by atoms with Crippen molar-refractivity contribution in [2.24, 2.45) is 0 Å². The molecule has 32 nitrogen and oxygen atoms in total. The standard InChI is InChI=1S/C29H31N6O8P.C23H23N2O7P.C12H13N5O4.C4H9.ClH.Mg.H2/c1-2-40-28(38)21(15-19-9-5-3-6-10-19)34-44(39,43-20-11-7-4-8-12-20)41-16-23-25(36)26(37)29(17-30,42-23)24-14-13-22-27(31)32-18-33-35(22)24;1-2-30-23(26)22(17-18-9-5-3-6-10-18)24-33(29,31-20-11-7-4-8-12-20)32-21-15-13-19(14-16-21)25(27)28;13-4-12(10(20)9(19)7(3-18)21-12)8-2-1-6-11(14)15-5-16-17(6)8;1-4(2)3;;;/h3-14,18,21,23,25-26,36-37H,2,15-16H2,1H3,(H,34,39)(H2,31,32,33);3-16,22H,2,17H2,1H3,(H,24,29);1-2,5,7,9-10,18-20H,3H2,(H2,14,15,16);1-3H3;1H;;1H/q;;;-1;;+2;/p-1/t21-,23+,25+,26+,29-,44?;22-,33?;7-,9-,10-,12+;;;;/m001..../s1/i;;;;;;1+1. The van der Waals surface area contributed by atoms with Crippen molar-refractivity contribution in [3.05, 3.63) is 221 Å². The molecule has 5 aromatic carbocycles. The maximum Gasteiger partial charge on any atom is 2.00 e. The van der Waals surface area contributed by atoms with Crippen molar-refractivity contribution in [2.45, 2.75) is 107 Å². The number of aliphatic hydroxyl groups excluding tert-OH is 5. The summed E-state index contributed by atoms with van der Waals surface area (Å²) >= 11 is 0. The second kappa shape index (κ2) is 38.5. The van der Waals surface area contributed by atoms with Gasteiger partial charge in [0.25, 0.3) is 5.69 Å². The number of aromatic nitrogens is 6. The average Bonchev–Trinajstić information content (AvgIpc) is 1.60. The molecule has 2 aliphatic heterocycles. The first-order chi connectivity index (χ1) is 48.9. The monoisotopic (exact) mass is 1500 g/mol. The second-order valence-electron chi connectivity index (χ2n) is 23.1. The number of hydrogen-bond acceptors (Lipinski definition) is 27. The molecule has 9 aromatic rings. The first-order valence-electron chi connectivity index (χ1n) is 31.6. The van der Waals surface area contributed by atoms with Crippen molar-refractivity contribution in [3.8, 4) is 29.4 Å². The smallest absolute Gasteiger partial charge is 1.00 e. The Bertz CT molecular complexity index is 4450. The number of nitro benzene ring substituents is 1. The maximum absolute atomic E-state index is 14.2. The first-order valence-corrected chi connectivity index (χ1v) is 34.6. The Balaban J connectivity index is 0.000000286. The molecule has 548 valence electrons. The molecule has 12 atom stereocenters. The number of fused-ring (bicyclic) bond motifs is 2. The average molecular weight is 1500 g/mol. The number of aliphatic hydroxyl groups is 5. The summed E-state index contributed by atoms with van der Waals surface area (Å²) in [5.41, 5.74) is 10.2. The van der Waals surface area contributed by atoms with E-state index in [-0.39, 0.29) is 109 Å². The molecule has 2 unspecified atom stereocenters. The van der Waals surface area contributed by atoms with Crippen LogP contribution in [0.5, 0.6) is 17.2 Å². The molecule has 6 heterocycles. The van der Waals surface area contributed by atoms with Crippen molar-refractivity contribution in [2.75, 3.05) is 37.9 Å². The third kappa shape index (κ3) is 20.8. The van der Waals surface area contributed by atoms with Gasteiger partial charge in [-0.15, -0.1) is 0 Å². The fourth-order valence-corrected chi connectivity index (χ4v) is 13.4. The van der Waals surface area contributed by atoms with Crippen LogP contribution in [0.25, 0.3) is 11.0 Å². The molecule has 0 aliphatic carbocycles. The number of hydrogen-bond donors (Lipinski definition) is 9. The van der Waals surface area contributed by atoms with Crippen LogP contribution in [0.4, 0.5) is 17.3 Å². The van der Waals surface area contributed by atoms with E-state index in [2.05, 4.69) is 51.1 Å². The molecule has 0 saturated carbocycles. The molecule has 0 amide bonds. The minimum absolute atomic E-state index is 0. The third-order valence-corrected chi connectivity index (χ3v) is 18.2. The third-order valence-electron chi connectivity index (χ3n) is 15.1. The molecule has 0 spiro atoms. The quantitative estimate of drug-likeness (QED) is 0.00984. The number of carbonyl (C=O) groups is 2. The van der Waals surface area contributed by atoms with Crippen molar-refractivity contribution in [3.63, 3.8) is 0 Å². The molecule has 11 N–H and O–H groups in total. The van der Waals surface area contributed by atoms with Crippen LogP contribution in [-0.4, -0.2) is 170 Å². The van der Waals surface area contributed by atoms with Gasteiger partial charge in [-0.05, 0) is 98.5 Å². The number of nitrogens with zero attached hydrogens (tertiary/aromatic N) is 9. The van der Waals surface area contributed by atoms with E-state index >= 15 is 0 Å². The Morgan fingerprint density at radius 3 is 1.38 bits per heavy atom. The van der Waals surface area contributed by atoms with Gasteiger partial charge in [-0.2, -0.15) is 51.7 Å². The molecule has 36 heteroatoms. The number of para-hydroxylation sites is 2. The van der Waals surface area contributed by atoms with Gasteiger partial charge in [0.05, 0.1) is 42.7 Å². The molecular weight excluding hydrogens is 1420 g/mol. The van der Waals surface area contributed by atoms with Gasteiger partial charge >= 0.3 is 50.5 Å². The second-order valence-corrected chi connectivity index (χ2v) is 26.4. The Morgan fingerprint density at radius 1 is 0.635 bits per heavy atom. The van der Waals surface area contributed by atoms with E-state index in [0.717, 1.165) is 11.1 Å². The topological polar surface area (TPSA) is 470 Å². The van der Waals surface area contributed by atoms with E-state index in [9.17, 15) is 64.9 Å². The van der Waals surface area contributed by atoms with Crippen molar-refractivity contribution in [1.29, 1.82) is 10.5 Å². The van der Waals surface area contributed by atoms with E-state index in [1.165, 1.54) is 64.0 Å². The molecule has 104 heavy (non-hydrogen) atoms. The molecule has 0 radical (unpaired) electrons. The number of rotatable bonds is 25. The number of nitrogens with one attached hydrogen (secondary N) is 2. The molecule has 11 rings (SSSR count). The van der Waals surface area contributed by atoms with Gasteiger partial charge in [0.1, 0.15) is 102 Å². The van der Waals surface area contributed by atoms with Gasteiger partial charge in [0, 0.05) is 13.6 Å². The van der Waals surface area contributed by atoms with E-state index in [4.69, 9.17) is 48.5 Å². The molecule has 2 aliphatic rings. The zero-order valence-corrected chi connectivity index (χ0v) is 60.8. The van der Waals surface area contributed by atoms with Gasteiger partial charge in [-0.25, -0.2) is 28.1 Å². The summed E-state index contributed by atoms with van der Waals surface area (Å²) in [5, 5.41) is 95.4. The van der Waals surface area contributed by atoms with Crippen molar-refractivity contribution < 1.29 is 100 Å². The van der Waals surface area contributed by atoms with Gasteiger partial charge < -0.3 is 87.8 Å². The number of nitrogens with two attached hydrogens (primary N) is 2. The number of esters is 2. The molecule has 2 fully saturated rings. The zero-order chi connectivity index (χ0) is 73.8. The first kappa shape index (κ1) is 83.7. The number of carbonyl (C=O) groups excluding carboxylic acids is 2. The number of nitriles is 2. The van der Waals surface area contributed by atoms with Crippen LogP contribution in [0.1, 0.15) is 58.6 Å². The van der Waals surface area contributed by atoms with E-state index in [1.54, 1.807) is 111 Å². The van der Waals surface area contributed by atoms with E-state index < -0.39 is 105 Å². The number of ether oxygens (including phenoxy) is 4. The summed E-state index contributed by atoms with van der Waals surface area (Å²) in [6, 6.07) is 47.4. The van der Waals surface area contributed by atoms with Gasteiger partial charge in [0.2, 0.25) is 11.2 Å². The predicted molar refractivity (Wildman–Crippen MR) is 375 cm³/mol. The fourth-order valence-electron chi connectivity index (χ4n) is 10.4. The summed E-state index contributed by atoms with van der Waals surface area (Å²) in [7, 11) is -8.61. The Labute approximate surface area is 621 Å². The summed E-state index contributed by atoms with van der Waals surface area (Å²) in [6.45, 7) is 8.65. The predicted octanol–water partition coefficient (Wildman–Crippen LogP) is 3.68. The van der Waals surface area contributed by atoms with Gasteiger partial charge in [-0.1, -0.05) is 97.1 Å². The number of anilines is 2. The van der Waals surface area contributed by atoms with Crippen LogP contribution in [0.3, 0.4) is 0 Å². The number of nitrogen functional groups attached to an aromatic ring is 2. The Kier molecular flexibility index (Phi) is 31.0. The number of benzene rings is 5. The summed E-state index contributed by atoms with van der Waals surface area (Å²) in [4.78, 5) is 43.7. The van der Waals surface area contributed by atoms with Crippen LogP contribution < -0.4 is 47.6 Å². The number of nitro groups is 1. The molecule has 0 bridgehead atoms. The molecular formula is C68H78ClMgN13O19P2. The van der Waals surface area contributed by atoms with Gasteiger partial charge in [-0.3, -0.25) is 24.2 Å². The summed E-state index contributed by atoms with van der Waals surface area (Å²) < 4.78 is 75.2. The zero-order valence-electron chi connectivity index (χ0n) is 56.8. The minimum Gasteiger partial charge on any atom is -1.00 e. The van der Waals surface area contributed by atoms with E-state index in [1.807, 2.05) is 48.5 Å². The minimum atomic E-state index is -4.42. The van der Waals surface area contributed by atoms with Crippen LogP contribution in [0.2, 0.25) is 0 Å². The van der Waals surface area contributed by atoms with Crippen LogP contribution in [0, 0.1) is 38.7 Å². The van der Waals surface area contributed by atoms with Gasteiger partial charge in [0.15, 0.2) is 11.6 Å². The Morgan fingerprint density at radius 2 is 1.00 bits per heavy atom. The Hall–Kier alpha value is -9.22. The molecule has 2 saturated heterocycles. The SMILES string of the molecule is CCOC(=O)[C@H](Cc1ccccc1)NP(=O)(OC[C@H]1O[C@@](C#N)(c2ccc3c(N)ncnn23)[C@H](O)[C@@H]1O)Oc1ccccc1.CCOC(=O)[C@H](Cc1ccccc1)NP(=O)(Oc1ccccc1)Oc1ccc([N+](=O)[O-])cc1.C[C-](C)C.N#C[C@@]1(c2ccc3c(N)ncnn23)O[C@H](CO)[C@@H](O)[C@H]1O.[2HH].[Cl-].[Mg+2]. The number of non-ortho nitro benzene ring substituents is 1. The van der Waals surface area contributed by atoms with Crippen LogP contribution in [-0.2, 0) is 66.2 Å².